The van der Waals surface area contributed by atoms with E-state index in [1.807, 2.05) is 48.5 Å². The summed E-state index contributed by atoms with van der Waals surface area (Å²) >= 11 is 1.66. The molecule has 0 unspecified atom stereocenters. The number of likely N-dealkylation sites (tertiary alicyclic amines) is 1. The Labute approximate surface area is 204 Å². The van der Waals surface area contributed by atoms with E-state index in [1.54, 1.807) is 18.4 Å². The van der Waals surface area contributed by atoms with E-state index in [2.05, 4.69) is 30.0 Å². The van der Waals surface area contributed by atoms with Crippen LogP contribution in [0.4, 0.5) is 0 Å². The number of benzene rings is 3. The van der Waals surface area contributed by atoms with Crippen LogP contribution in [0.15, 0.2) is 66.7 Å². The molecule has 0 saturated carbocycles. The van der Waals surface area contributed by atoms with Crippen LogP contribution >= 0.6 is 11.3 Å². The number of hydrogen-bond acceptors (Lipinski definition) is 5. The van der Waals surface area contributed by atoms with Crippen LogP contribution in [0.5, 0.6) is 11.5 Å². The predicted molar refractivity (Wildman–Crippen MR) is 140 cm³/mol. The molecule has 1 aliphatic rings. The fraction of sp³-hybridized carbons (Fsp3) is 0.276. The van der Waals surface area contributed by atoms with E-state index in [1.165, 1.54) is 31.5 Å². The van der Waals surface area contributed by atoms with Crippen molar-refractivity contribution in [2.24, 2.45) is 0 Å². The van der Waals surface area contributed by atoms with Gasteiger partial charge in [-0.2, -0.15) is 0 Å². The molecule has 1 fully saturated rings. The number of nitrogens with zero attached hydrogens (tertiary/aromatic N) is 1. The highest BCUT2D eigenvalue weighted by Gasteiger charge is 2.22. The van der Waals surface area contributed by atoms with Gasteiger partial charge in [0.2, 0.25) is 0 Å². The van der Waals surface area contributed by atoms with Gasteiger partial charge in [0, 0.05) is 32.6 Å². The molecule has 0 N–H and O–H groups in total. The van der Waals surface area contributed by atoms with E-state index in [-0.39, 0.29) is 5.78 Å². The molecule has 3 aromatic carbocycles. The molecule has 1 saturated heterocycles. The Morgan fingerprint density at radius 2 is 1.65 bits per heavy atom. The quantitative estimate of drug-likeness (QED) is 0.272. The molecule has 5 rings (SSSR count). The Kier molecular flexibility index (Phi) is 6.66. The summed E-state index contributed by atoms with van der Waals surface area (Å²) in [5.41, 5.74) is 3.63. The van der Waals surface area contributed by atoms with Crippen LogP contribution in [0.3, 0.4) is 0 Å². The Morgan fingerprint density at radius 3 is 2.35 bits per heavy atom. The lowest BCUT2D eigenvalue weighted by molar-refractivity contribution is 0.104. The molecule has 2 heterocycles. The van der Waals surface area contributed by atoms with E-state index in [0.29, 0.717) is 12.2 Å². The first kappa shape index (κ1) is 22.6. The average Bonchev–Trinajstić information content (AvgIpc) is 3.52. The number of carbonyl (C=O) groups excluding carboxylic acids is 1. The number of aryl methyl sites for hydroxylation is 1. The SMILES string of the molecule is COc1ccc(-c2sc3cc(C)ccc3c2C(=O)c2ccc(OCCN3CCCC3)cc2)cc1. The summed E-state index contributed by atoms with van der Waals surface area (Å²) in [7, 11) is 1.66. The molecule has 0 spiro atoms. The van der Waals surface area contributed by atoms with Gasteiger partial charge in [-0.15, -0.1) is 11.3 Å². The normalized spacial score (nSPS) is 13.9. The molecule has 0 bridgehead atoms. The van der Waals surface area contributed by atoms with E-state index >= 15 is 0 Å². The van der Waals surface area contributed by atoms with Gasteiger partial charge in [-0.1, -0.05) is 12.1 Å². The Morgan fingerprint density at radius 1 is 0.941 bits per heavy atom. The Bertz CT molecular complexity index is 1290. The number of thiophene rings is 1. The van der Waals surface area contributed by atoms with Gasteiger partial charge < -0.3 is 9.47 Å². The number of ketones is 1. The number of ether oxygens (including phenoxy) is 2. The largest absolute Gasteiger partial charge is 0.497 e. The average molecular weight is 472 g/mol. The lowest BCUT2D eigenvalue weighted by atomic mass is 9.97. The van der Waals surface area contributed by atoms with Gasteiger partial charge in [-0.25, -0.2) is 0 Å². The van der Waals surface area contributed by atoms with Gasteiger partial charge in [0.1, 0.15) is 18.1 Å². The number of fused-ring (bicyclic) bond motifs is 1. The Hall–Kier alpha value is -3.15. The van der Waals surface area contributed by atoms with E-state index in [0.717, 1.165) is 44.1 Å². The molecule has 34 heavy (non-hydrogen) atoms. The topological polar surface area (TPSA) is 38.8 Å². The summed E-state index contributed by atoms with van der Waals surface area (Å²) in [5, 5.41) is 0.998. The number of rotatable bonds is 8. The van der Waals surface area contributed by atoms with E-state index in [9.17, 15) is 4.79 Å². The van der Waals surface area contributed by atoms with Crippen LogP contribution in [0.25, 0.3) is 20.5 Å². The molecule has 0 radical (unpaired) electrons. The van der Waals surface area contributed by atoms with Crippen molar-refractivity contribution in [2.75, 3.05) is 33.4 Å². The summed E-state index contributed by atoms with van der Waals surface area (Å²) in [6, 6.07) is 21.8. The minimum absolute atomic E-state index is 0.0320. The van der Waals surface area contributed by atoms with Gasteiger partial charge in [-0.05, 0) is 98.6 Å². The summed E-state index contributed by atoms with van der Waals surface area (Å²) in [5.74, 6) is 1.63. The lowest BCUT2D eigenvalue weighted by Gasteiger charge is -2.15. The molecule has 0 amide bonds. The standard InChI is InChI=1S/C29H29NO3S/c1-20-5-14-25-26(19-20)34-29(22-8-10-23(32-2)11-9-22)27(25)28(31)21-6-12-24(13-7-21)33-18-17-30-15-3-4-16-30/h5-14,19H,3-4,15-18H2,1-2H3. The van der Waals surface area contributed by atoms with Gasteiger partial charge >= 0.3 is 0 Å². The molecular weight excluding hydrogens is 442 g/mol. The van der Waals surface area contributed by atoms with Gasteiger partial charge in [0.05, 0.1) is 7.11 Å². The zero-order valence-corrected chi connectivity index (χ0v) is 20.5. The van der Waals surface area contributed by atoms with Gasteiger partial charge in [-0.3, -0.25) is 9.69 Å². The van der Waals surface area contributed by atoms with Gasteiger partial charge in [0.25, 0.3) is 0 Å². The van der Waals surface area contributed by atoms with Crippen molar-refractivity contribution in [3.63, 3.8) is 0 Å². The third-order valence-electron chi connectivity index (χ3n) is 6.42. The smallest absolute Gasteiger partial charge is 0.195 e. The van der Waals surface area contributed by atoms with Crippen molar-refractivity contribution in [2.45, 2.75) is 19.8 Å². The molecule has 0 aliphatic carbocycles. The van der Waals surface area contributed by atoms with E-state index in [4.69, 9.17) is 9.47 Å². The van der Waals surface area contributed by atoms with Crippen LogP contribution in [0, 0.1) is 6.92 Å². The monoisotopic (exact) mass is 471 g/mol. The summed E-state index contributed by atoms with van der Waals surface area (Å²) in [6.07, 6.45) is 2.57. The molecule has 5 heteroatoms. The van der Waals surface area contributed by atoms with Crippen molar-refractivity contribution in [1.29, 1.82) is 0 Å². The number of methoxy groups -OCH3 is 1. The molecule has 1 aliphatic heterocycles. The highest BCUT2D eigenvalue weighted by molar-refractivity contribution is 7.22. The lowest BCUT2D eigenvalue weighted by Crippen LogP contribution is -2.25. The van der Waals surface area contributed by atoms with Crippen LogP contribution < -0.4 is 9.47 Å². The fourth-order valence-corrected chi connectivity index (χ4v) is 5.82. The maximum atomic E-state index is 13.8. The van der Waals surface area contributed by atoms with Crippen LogP contribution in [0.2, 0.25) is 0 Å². The molecular formula is C29H29NO3S. The van der Waals surface area contributed by atoms with Crippen molar-refractivity contribution < 1.29 is 14.3 Å². The first-order chi connectivity index (χ1) is 16.6. The molecule has 0 atom stereocenters. The molecule has 4 aromatic rings. The minimum Gasteiger partial charge on any atom is -0.497 e. The summed E-state index contributed by atoms with van der Waals surface area (Å²) < 4.78 is 12.4. The van der Waals surface area contributed by atoms with Crippen LogP contribution in [-0.4, -0.2) is 44.0 Å². The molecule has 174 valence electrons. The highest BCUT2D eigenvalue weighted by Crippen LogP contribution is 2.40. The zero-order valence-electron chi connectivity index (χ0n) is 19.7. The molecule has 4 nitrogen and oxygen atoms in total. The van der Waals surface area contributed by atoms with Crippen molar-refractivity contribution >= 4 is 27.2 Å². The third-order valence-corrected chi connectivity index (χ3v) is 7.62. The first-order valence-electron chi connectivity index (χ1n) is 11.8. The zero-order chi connectivity index (χ0) is 23.5. The minimum atomic E-state index is 0.0320. The predicted octanol–water partition coefficient (Wildman–Crippen LogP) is 6.59. The molecule has 1 aromatic heterocycles. The number of carbonyl (C=O) groups is 1. The second-order valence-corrected chi connectivity index (χ2v) is 9.84. The first-order valence-corrected chi connectivity index (χ1v) is 12.6. The highest BCUT2D eigenvalue weighted by atomic mass is 32.1. The second kappa shape index (κ2) is 10.00. The summed E-state index contributed by atoms with van der Waals surface area (Å²) in [6.45, 7) is 6.04. The van der Waals surface area contributed by atoms with Crippen molar-refractivity contribution in [1.82, 2.24) is 4.90 Å². The number of hydrogen-bond donors (Lipinski definition) is 0. The fourth-order valence-electron chi connectivity index (χ4n) is 4.52. The van der Waals surface area contributed by atoms with Crippen LogP contribution in [0.1, 0.15) is 34.3 Å². The maximum absolute atomic E-state index is 13.8. The van der Waals surface area contributed by atoms with Gasteiger partial charge in [0.15, 0.2) is 5.78 Å². The van der Waals surface area contributed by atoms with E-state index < -0.39 is 0 Å². The maximum Gasteiger partial charge on any atom is 0.195 e. The van der Waals surface area contributed by atoms with Crippen molar-refractivity contribution in [3.8, 4) is 21.9 Å². The summed E-state index contributed by atoms with van der Waals surface area (Å²) in [4.78, 5) is 17.2. The van der Waals surface area contributed by atoms with Crippen molar-refractivity contribution in [3.05, 3.63) is 83.4 Å². The second-order valence-electron chi connectivity index (χ2n) is 8.79. The third kappa shape index (κ3) is 4.72. The van der Waals surface area contributed by atoms with Crippen LogP contribution in [-0.2, 0) is 0 Å². The Balaban J connectivity index is 1.42.